The fourth-order valence-corrected chi connectivity index (χ4v) is 8.21. The Bertz CT molecular complexity index is 2240. The molecule has 14 heteroatoms. The Morgan fingerprint density at radius 3 is 2.50 bits per heavy atom. The quantitative estimate of drug-likeness (QED) is 0.221. The average Bonchev–Trinajstić information content (AvgIpc) is 3.94. The zero-order chi connectivity index (χ0) is 36.8. The SMILES string of the molecule is O=C1CCC(N2CC(c3cccc(CN4CCN(c5cccc(-c6cnc7ccc(N8CCCC8c8cccc(F)c8)nn67)n5)CC4)c3)OC2=O)C(=O)N1. The van der Waals surface area contributed by atoms with Crippen LogP contribution >= 0.6 is 0 Å². The van der Waals surface area contributed by atoms with Crippen molar-refractivity contribution in [3.8, 4) is 11.4 Å². The van der Waals surface area contributed by atoms with Crippen molar-refractivity contribution in [3.05, 3.63) is 108 Å². The summed E-state index contributed by atoms with van der Waals surface area (Å²) >= 11 is 0. The van der Waals surface area contributed by atoms with E-state index in [0.717, 1.165) is 97.5 Å². The standard InChI is InChI=1S/C40H40FN9O4/c41-29-8-2-6-27(22-29)31-10-4-16-48(31)37-14-13-35-42-23-33(50(35)45-37)30-9-3-11-36(43-30)47-19-17-46(18-20-47)24-26-5-1-7-28(21-26)34-25-49(40(53)54-34)32-12-15-38(51)44-39(32)52/h1-3,5-9,11,13-14,21-23,31-32,34H,4,10,12,15-20,24-25H2,(H,44,51,52). The maximum Gasteiger partial charge on any atom is 0.411 e. The zero-order valence-electron chi connectivity index (χ0n) is 29.7. The minimum absolute atomic E-state index is 0.0616. The van der Waals surface area contributed by atoms with Crippen molar-refractivity contribution in [2.24, 2.45) is 0 Å². The number of amides is 3. The number of rotatable bonds is 8. The molecule has 0 bridgehead atoms. The second kappa shape index (κ2) is 14.2. The number of imidazole rings is 1. The Labute approximate surface area is 311 Å². The molecule has 276 valence electrons. The maximum absolute atomic E-state index is 14.1. The fraction of sp³-hybridized carbons (Fsp3) is 0.350. The summed E-state index contributed by atoms with van der Waals surface area (Å²) in [6, 6.07) is 24.3. The van der Waals surface area contributed by atoms with Gasteiger partial charge in [-0.25, -0.2) is 23.7 Å². The molecule has 0 radical (unpaired) electrons. The third-order valence-electron chi connectivity index (χ3n) is 11.0. The van der Waals surface area contributed by atoms with E-state index in [2.05, 4.69) is 37.1 Å². The summed E-state index contributed by atoms with van der Waals surface area (Å²) in [5.74, 6) is 0.731. The topological polar surface area (TPSA) is 129 Å². The Kier molecular flexibility index (Phi) is 8.89. The van der Waals surface area contributed by atoms with Gasteiger partial charge in [0.15, 0.2) is 5.65 Å². The van der Waals surface area contributed by atoms with Gasteiger partial charge >= 0.3 is 6.09 Å². The molecule has 13 nitrogen and oxygen atoms in total. The highest BCUT2D eigenvalue weighted by Crippen LogP contribution is 2.36. The van der Waals surface area contributed by atoms with Crippen LogP contribution in [0.1, 0.15) is 54.5 Å². The van der Waals surface area contributed by atoms with E-state index in [0.29, 0.717) is 6.42 Å². The third kappa shape index (κ3) is 6.61. The molecule has 2 aromatic carbocycles. The van der Waals surface area contributed by atoms with Gasteiger partial charge in [-0.3, -0.25) is 24.7 Å². The van der Waals surface area contributed by atoms with E-state index in [9.17, 15) is 18.8 Å². The number of aromatic nitrogens is 4. The van der Waals surface area contributed by atoms with Crippen molar-refractivity contribution in [2.45, 2.75) is 50.4 Å². The van der Waals surface area contributed by atoms with Crippen molar-refractivity contribution in [1.29, 1.82) is 0 Å². The first-order valence-electron chi connectivity index (χ1n) is 18.6. The summed E-state index contributed by atoms with van der Waals surface area (Å²) in [7, 11) is 0. The summed E-state index contributed by atoms with van der Waals surface area (Å²) in [4.78, 5) is 54.8. The minimum Gasteiger partial charge on any atom is -0.439 e. The number of fused-ring (bicyclic) bond motifs is 1. The Morgan fingerprint density at radius 1 is 0.815 bits per heavy atom. The van der Waals surface area contributed by atoms with E-state index in [1.54, 1.807) is 12.1 Å². The van der Waals surface area contributed by atoms with Gasteiger partial charge < -0.3 is 14.5 Å². The predicted octanol–water partition coefficient (Wildman–Crippen LogP) is 4.89. The summed E-state index contributed by atoms with van der Waals surface area (Å²) in [6.07, 6.45) is 3.25. The van der Waals surface area contributed by atoms with E-state index in [-0.39, 0.29) is 30.7 Å². The molecule has 4 aliphatic rings. The molecule has 3 atom stereocenters. The second-order valence-corrected chi connectivity index (χ2v) is 14.4. The number of carbonyl (C=O) groups excluding carboxylic acids is 3. The van der Waals surface area contributed by atoms with Crippen molar-refractivity contribution >= 4 is 35.2 Å². The molecule has 7 heterocycles. The van der Waals surface area contributed by atoms with Crippen LogP contribution in [0.4, 0.5) is 20.8 Å². The first-order chi connectivity index (χ1) is 26.4. The van der Waals surface area contributed by atoms with Crippen molar-refractivity contribution in [1.82, 2.24) is 34.7 Å². The van der Waals surface area contributed by atoms with Gasteiger partial charge in [0, 0.05) is 45.7 Å². The molecule has 0 spiro atoms. The second-order valence-electron chi connectivity index (χ2n) is 14.4. The smallest absolute Gasteiger partial charge is 0.411 e. The zero-order valence-corrected chi connectivity index (χ0v) is 29.7. The van der Waals surface area contributed by atoms with Gasteiger partial charge in [0.25, 0.3) is 0 Å². The number of cyclic esters (lactones) is 1. The summed E-state index contributed by atoms with van der Waals surface area (Å²) < 4.78 is 21.6. The highest BCUT2D eigenvalue weighted by molar-refractivity contribution is 6.01. The number of anilines is 2. The normalized spacial score (nSPS) is 22.3. The first kappa shape index (κ1) is 33.9. The summed E-state index contributed by atoms with van der Waals surface area (Å²) in [6.45, 7) is 5.17. The summed E-state index contributed by atoms with van der Waals surface area (Å²) in [5, 5.41) is 7.35. The van der Waals surface area contributed by atoms with Crippen molar-refractivity contribution in [2.75, 3.05) is 49.1 Å². The molecule has 3 aromatic heterocycles. The number of pyridine rings is 1. The molecule has 9 rings (SSSR count). The lowest BCUT2D eigenvalue weighted by Crippen LogP contribution is -2.52. The number of halogens is 1. The monoisotopic (exact) mass is 729 g/mol. The molecule has 0 saturated carbocycles. The van der Waals surface area contributed by atoms with E-state index in [1.807, 2.05) is 59.2 Å². The number of hydrogen-bond acceptors (Lipinski definition) is 10. The average molecular weight is 730 g/mol. The number of hydrogen-bond donors (Lipinski definition) is 1. The number of carbonyl (C=O) groups is 3. The number of imide groups is 1. The van der Waals surface area contributed by atoms with Crippen LogP contribution in [-0.4, -0.2) is 92.6 Å². The molecule has 3 amide bonds. The lowest BCUT2D eigenvalue weighted by Gasteiger charge is -2.35. The molecular weight excluding hydrogens is 689 g/mol. The van der Waals surface area contributed by atoms with Gasteiger partial charge in [-0.1, -0.05) is 42.5 Å². The number of piperidine rings is 1. The van der Waals surface area contributed by atoms with Gasteiger partial charge in [0.1, 0.15) is 35.3 Å². The van der Waals surface area contributed by atoms with Gasteiger partial charge in [-0.15, -0.1) is 5.10 Å². The molecule has 0 aliphatic carbocycles. The highest BCUT2D eigenvalue weighted by Gasteiger charge is 2.42. The fourth-order valence-electron chi connectivity index (χ4n) is 8.21. The van der Waals surface area contributed by atoms with Crippen LogP contribution in [0.2, 0.25) is 0 Å². The lowest BCUT2D eigenvalue weighted by molar-refractivity contribution is -0.136. The molecular formula is C40H40FN9O4. The van der Waals surface area contributed by atoms with Gasteiger partial charge in [-0.05, 0) is 72.4 Å². The van der Waals surface area contributed by atoms with Gasteiger partial charge in [0.2, 0.25) is 11.8 Å². The van der Waals surface area contributed by atoms with Crippen molar-refractivity contribution in [3.63, 3.8) is 0 Å². The van der Waals surface area contributed by atoms with Crippen LogP contribution in [0.5, 0.6) is 0 Å². The molecule has 4 saturated heterocycles. The van der Waals surface area contributed by atoms with Gasteiger partial charge in [-0.2, -0.15) is 0 Å². The van der Waals surface area contributed by atoms with Crippen LogP contribution in [0.25, 0.3) is 17.0 Å². The molecule has 4 fully saturated rings. The molecule has 5 aromatic rings. The molecule has 4 aliphatic heterocycles. The Hall–Kier alpha value is -5.89. The van der Waals surface area contributed by atoms with E-state index < -0.39 is 24.1 Å². The number of ether oxygens (including phenoxy) is 1. The highest BCUT2D eigenvalue weighted by atomic mass is 19.1. The lowest BCUT2D eigenvalue weighted by atomic mass is 10.0. The summed E-state index contributed by atoms with van der Waals surface area (Å²) in [5.41, 5.74) is 5.29. The van der Waals surface area contributed by atoms with Crippen LogP contribution in [0.3, 0.4) is 0 Å². The molecule has 3 unspecified atom stereocenters. The van der Waals surface area contributed by atoms with Crippen LogP contribution in [0, 0.1) is 5.82 Å². The largest absolute Gasteiger partial charge is 0.439 e. The van der Waals surface area contributed by atoms with Crippen LogP contribution < -0.4 is 15.1 Å². The number of benzene rings is 2. The number of nitrogens with zero attached hydrogens (tertiary/aromatic N) is 8. The molecule has 54 heavy (non-hydrogen) atoms. The third-order valence-corrected chi connectivity index (χ3v) is 11.0. The van der Waals surface area contributed by atoms with E-state index in [4.69, 9.17) is 14.8 Å². The number of nitrogens with one attached hydrogen (secondary N) is 1. The minimum atomic E-state index is -0.694. The van der Waals surface area contributed by atoms with E-state index >= 15 is 0 Å². The Morgan fingerprint density at radius 2 is 1.65 bits per heavy atom. The van der Waals surface area contributed by atoms with Crippen LogP contribution in [-0.2, 0) is 20.9 Å². The maximum atomic E-state index is 14.1. The number of piperazine rings is 1. The van der Waals surface area contributed by atoms with E-state index in [1.165, 1.54) is 11.0 Å². The van der Waals surface area contributed by atoms with Crippen LogP contribution in [0.15, 0.2) is 85.1 Å². The molecule has 1 N–H and O–H groups in total. The van der Waals surface area contributed by atoms with Gasteiger partial charge in [0.05, 0.1) is 24.5 Å². The first-order valence-corrected chi connectivity index (χ1v) is 18.6. The Balaban J connectivity index is 0.847. The van der Waals surface area contributed by atoms with Crippen molar-refractivity contribution < 1.29 is 23.5 Å². The predicted molar refractivity (Wildman–Crippen MR) is 198 cm³/mol.